The van der Waals surface area contributed by atoms with Crippen LogP contribution < -0.4 is 10.6 Å². The first-order valence-corrected chi connectivity index (χ1v) is 10.3. The molecule has 1 saturated heterocycles. The van der Waals surface area contributed by atoms with E-state index in [2.05, 4.69) is 20.5 Å². The molecule has 2 N–H and O–H groups in total. The summed E-state index contributed by atoms with van der Waals surface area (Å²) in [6, 6.07) is 8.10. The first-order chi connectivity index (χ1) is 14.5. The van der Waals surface area contributed by atoms with Crippen molar-refractivity contribution in [2.45, 2.75) is 18.9 Å². The van der Waals surface area contributed by atoms with E-state index >= 15 is 0 Å². The van der Waals surface area contributed by atoms with Gasteiger partial charge in [-0.25, -0.2) is 9.78 Å². The van der Waals surface area contributed by atoms with Crippen molar-refractivity contribution >= 4 is 40.4 Å². The lowest BCUT2D eigenvalue weighted by Crippen LogP contribution is -2.53. The highest BCUT2D eigenvalue weighted by molar-refractivity contribution is 7.14. The number of benzene rings is 1. The van der Waals surface area contributed by atoms with Gasteiger partial charge in [0.05, 0.1) is 23.7 Å². The zero-order chi connectivity index (χ0) is 21.5. The van der Waals surface area contributed by atoms with Gasteiger partial charge >= 0.3 is 6.03 Å². The standard InChI is InChI=1S/C20H22N6O3S/c1-25-7-8-26(12-17(25)6-9-27)18(28)10-16-13-30-20(23-16)24-19(29)22-15-4-2-14(11-21)3-5-15/h2-5,9,13,17H,6-8,10,12H2,1H3,(H2,22,23,24,29)/t17-/m0/s1. The molecule has 1 aromatic carbocycles. The number of hydrogen-bond donors (Lipinski definition) is 2. The maximum absolute atomic E-state index is 12.6. The molecule has 3 rings (SSSR count). The van der Waals surface area contributed by atoms with E-state index in [9.17, 15) is 14.4 Å². The number of thiazole rings is 1. The summed E-state index contributed by atoms with van der Waals surface area (Å²) < 4.78 is 0. The molecule has 0 saturated carbocycles. The van der Waals surface area contributed by atoms with E-state index in [0.717, 1.165) is 12.8 Å². The van der Waals surface area contributed by atoms with Crippen molar-refractivity contribution in [3.8, 4) is 6.07 Å². The van der Waals surface area contributed by atoms with Gasteiger partial charge in [-0.15, -0.1) is 11.3 Å². The second kappa shape index (κ2) is 9.96. The van der Waals surface area contributed by atoms with E-state index in [0.29, 0.717) is 41.6 Å². The molecule has 10 heteroatoms. The monoisotopic (exact) mass is 426 g/mol. The van der Waals surface area contributed by atoms with Crippen LogP contribution in [-0.4, -0.2) is 65.7 Å². The minimum Gasteiger partial charge on any atom is -0.339 e. The van der Waals surface area contributed by atoms with Crippen LogP contribution in [0.25, 0.3) is 0 Å². The molecule has 2 aromatic rings. The van der Waals surface area contributed by atoms with Gasteiger partial charge in [0.1, 0.15) is 6.29 Å². The van der Waals surface area contributed by atoms with Gasteiger partial charge in [0.15, 0.2) is 5.13 Å². The predicted octanol–water partition coefficient (Wildman–Crippen LogP) is 1.93. The number of nitriles is 1. The third-order valence-corrected chi connectivity index (χ3v) is 5.68. The maximum atomic E-state index is 12.6. The van der Waals surface area contributed by atoms with Crippen molar-refractivity contribution in [3.63, 3.8) is 0 Å². The lowest BCUT2D eigenvalue weighted by Gasteiger charge is -2.38. The number of nitrogens with one attached hydrogen (secondary N) is 2. The minimum absolute atomic E-state index is 0.0405. The number of urea groups is 1. The smallest absolute Gasteiger partial charge is 0.325 e. The highest BCUT2D eigenvalue weighted by Gasteiger charge is 2.27. The Labute approximate surface area is 178 Å². The van der Waals surface area contributed by atoms with Crippen molar-refractivity contribution < 1.29 is 14.4 Å². The summed E-state index contributed by atoms with van der Waals surface area (Å²) in [6.45, 7) is 1.87. The molecule has 3 amide bonds. The average molecular weight is 427 g/mol. The van der Waals surface area contributed by atoms with Crippen LogP contribution in [0.15, 0.2) is 29.6 Å². The van der Waals surface area contributed by atoms with Gasteiger partial charge in [0.2, 0.25) is 5.91 Å². The summed E-state index contributed by atoms with van der Waals surface area (Å²) in [7, 11) is 1.96. The number of aromatic nitrogens is 1. The molecule has 9 nitrogen and oxygen atoms in total. The lowest BCUT2D eigenvalue weighted by molar-refractivity contribution is -0.133. The molecule has 0 radical (unpaired) electrons. The van der Waals surface area contributed by atoms with Crippen LogP contribution in [0.2, 0.25) is 0 Å². The second-order valence-corrected chi connectivity index (χ2v) is 7.82. The largest absolute Gasteiger partial charge is 0.339 e. The molecule has 0 spiro atoms. The van der Waals surface area contributed by atoms with E-state index in [4.69, 9.17) is 5.26 Å². The number of hydrogen-bond acceptors (Lipinski definition) is 7. The molecule has 0 aliphatic carbocycles. The molecular formula is C20H22N6O3S. The Bertz CT molecular complexity index is 952. The summed E-state index contributed by atoms with van der Waals surface area (Å²) in [6.07, 6.45) is 1.43. The number of likely N-dealkylation sites (N-methyl/N-ethyl adjacent to an activating group) is 1. The number of carbonyl (C=O) groups is 3. The molecule has 0 bridgehead atoms. The van der Waals surface area contributed by atoms with Gasteiger partial charge in [-0.1, -0.05) is 0 Å². The van der Waals surface area contributed by atoms with E-state index in [-0.39, 0.29) is 18.4 Å². The zero-order valence-electron chi connectivity index (χ0n) is 16.5. The Morgan fingerprint density at radius 2 is 2.07 bits per heavy atom. The van der Waals surface area contributed by atoms with Gasteiger partial charge in [0.25, 0.3) is 0 Å². The normalized spacial score (nSPS) is 16.5. The predicted molar refractivity (Wildman–Crippen MR) is 113 cm³/mol. The number of nitrogens with zero attached hydrogens (tertiary/aromatic N) is 4. The number of piperazine rings is 1. The molecule has 2 heterocycles. The van der Waals surface area contributed by atoms with Crippen LogP contribution in [0.5, 0.6) is 0 Å². The van der Waals surface area contributed by atoms with Crippen LogP contribution in [0, 0.1) is 11.3 Å². The van der Waals surface area contributed by atoms with Crippen LogP contribution in [0.4, 0.5) is 15.6 Å². The van der Waals surface area contributed by atoms with Gasteiger partial charge in [0, 0.05) is 43.2 Å². The number of amides is 3. The fraction of sp³-hybridized carbons (Fsp3) is 0.350. The van der Waals surface area contributed by atoms with Crippen molar-refractivity contribution in [1.82, 2.24) is 14.8 Å². The third-order valence-electron chi connectivity index (χ3n) is 4.87. The summed E-state index contributed by atoms with van der Waals surface area (Å²) in [5.41, 5.74) is 1.65. The highest BCUT2D eigenvalue weighted by Crippen LogP contribution is 2.18. The molecule has 1 fully saturated rings. The number of aldehydes is 1. The lowest BCUT2D eigenvalue weighted by atomic mass is 10.1. The molecule has 30 heavy (non-hydrogen) atoms. The number of rotatable bonds is 6. The summed E-state index contributed by atoms with van der Waals surface area (Å²) in [4.78, 5) is 43.7. The van der Waals surface area contributed by atoms with Gasteiger partial charge in [-0.05, 0) is 31.3 Å². The van der Waals surface area contributed by atoms with Gasteiger partial charge in [-0.2, -0.15) is 5.26 Å². The van der Waals surface area contributed by atoms with Crippen LogP contribution >= 0.6 is 11.3 Å². The van der Waals surface area contributed by atoms with Crippen LogP contribution in [-0.2, 0) is 16.0 Å². The zero-order valence-corrected chi connectivity index (χ0v) is 17.3. The van der Waals surface area contributed by atoms with Gasteiger partial charge < -0.3 is 15.0 Å². The van der Waals surface area contributed by atoms with Crippen LogP contribution in [0.1, 0.15) is 17.7 Å². The summed E-state index contributed by atoms with van der Waals surface area (Å²) in [5.74, 6) is -0.0436. The molecule has 1 atom stereocenters. The SMILES string of the molecule is CN1CCN(C(=O)Cc2csc(NC(=O)Nc3ccc(C#N)cc3)n2)C[C@@H]1CC=O. The van der Waals surface area contributed by atoms with E-state index in [1.165, 1.54) is 11.3 Å². The van der Waals surface area contributed by atoms with Crippen molar-refractivity contribution in [3.05, 3.63) is 40.9 Å². The quantitative estimate of drug-likeness (QED) is 0.682. The molecule has 156 valence electrons. The Hall–Kier alpha value is -3.29. The molecule has 1 aromatic heterocycles. The fourth-order valence-electron chi connectivity index (χ4n) is 3.14. The highest BCUT2D eigenvalue weighted by atomic mass is 32.1. The Morgan fingerprint density at radius 3 is 2.77 bits per heavy atom. The number of carbonyl (C=O) groups excluding carboxylic acids is 3. The Kier molecular flexibility index (Phi) is 7.11. The first-order valence-electron chi connectivity index (χ1n) is 9.42. The molecule has 0 unspecified atom stereocenters. The fourth-order valence-corrected chi connectivity index (χ4v) is 3.84. The van der Waals surface area contributed by atoms with Gasteiger partial charge in [-0.3, -0.25) is 15.0 Å². The van der Waals surface area contributed by atoms with E-state index in [1.54, 1.807) is 34.5 Å². The van der Waals surface area contributed by atoms with Crippen molar-refractivity contribution in [1.29, 1.82) is 5.26 Å². The van der Waals surface area contributed by atoms with Crippen molar-refractivity contribution in [2.24, 2.45) is 0 Å². The molecule has 1 aliphatic rings. The first kappa shape index (κ1) is 21.4. The summed E-state index contributed by atoms with van der Waals surface area (Å²) in [5, 5.41) is 16.2. The van der Waals surface area contributed by atoms with Crippen molar-refractivity contribution in [2.75, 3.05) is 37.3 Å². The Morgan fingerprint density at radius 1 is 1.30 bits per heavy atom. The number of anilines is 2. The van der Waals surface area contributed by atoms with E-state index in [1.807, 2.05) is 13.1 Å². The third kappa shape index (κ3) is 5.62. The Balaban J connectivity index is 1.51. The van der Waals surface area contributed by atoms with E-state index < -0.39 is 6.03 Å². The summed E-state index contributed by atoms with van der Waals surface area (Å²) >= 11 is 1.24. The topological polar surface area (TPSA) is 118 Å². The molecular weight excluding hydrogens is 404 g/mol. The molecule has 1 aliphatic heterocycles. The minimum atomic E-state index is -0.456. The average Bonchev–Trinajstić information content (AvgIpc) is 3.16. The maximum Gasteiger partial charge on any atom is 0.325 e. The van der Waals surface area contributed by atoms with Crippen LogP contribution in [0.3, 0.4) is 0 Å². The second-order valence-electron chi connectivity index (χ2n) is 6.97.